The third-order valence-corrected chi connectivity index (χ3v) is 4.70. The zero-order valence-electron chi connectivity index (χ0n) is 13.5. The SMILES string of the molecule is CCC1CCN(c2ncc(Br)cc2CNCC(C)C)CC1. The lowest BCUT2D eigenvalue weighted by atomic mass is 9.94. The van der Waals surface area contributed by atoms with Crippen molar-refractivity contribution in [2.45, 2.75) is 46.6 Å². The van der Waals surface area contributed by atoms with Crippen LogP contribution in [0, 0.1) is 11.8 Å². The van der Waals surface area contributed by atoms with Crippen molar-refractivity contribution in [3.63, 3.8) is 0 Å². The van der Waals surface area contributed by atoms with E-state index in [4.69, 9.17) is 0 Å². The lowest BCUT2D eigenvalue weighted by Crippen LogP contribution is -2.35. The molecule has 21 heavy (non-hydrogen) atoms. The van der Waals surface area contributed by atoms with Gasteiger partial charge in [0.05, 0.1) is 0 Å². The van der Waals surface area contributed by atoms with Crippen LogP contribution in [-0.4, -0.2) is 24.6 Å². The van der Waals surface area contributed by atoms with Crippen LogP contribution in [-0.2, 0) is 6.54 Å². The molecule has 1 aromatic rings. The van der Waals surface area contributed by atoms with Gasteiger partial charge in [-0.15, -0.1) is 0 Å². The van der Waals surface area contributed by atoms with Crippen LogP contribution in [0.2, 0.25) is 0 Å². The van der Waals surface area contributed by atoms with Gasteiger partial charge in [-0.25, -0.2) is 4.98 Å². The number of pyridine rings is 1. The summed E-state index contributed by atoms with van der Waals surface area (Å²) in [6.45, 7) is 11.0. The lowest BCUT2D eigenvalue weighted by Gasteiger charge is -2.33. The Hall–Kier alpha value is -0.610. The number of halogens is 1. The van der Waals surface area contributed by atoms with Crippen molar-refractivity contribution in [1.29, 1.82) is 0 Å². The zero-order valence-corrected chi connectivity index (χ0v) is 15.1. The molecule has 3 nitrogen and oxygen atoms in total. The van der Waals surface area contributed by atoms with E-state index in [1.54, 1.807) is 0 Å². The van der Waals surface area contributed by atoms with Gasteiger partial charge in [0.1, 0.15) is 5.82 Å². The first-order valence-electron chi connectivity index (χ1n) is 8.20. The molecule has 0 spiro atoms. The molecular formula is C17H28BrN3. The molecule has 0 aliphatic carbocycles. The van der Waals surface area contributed by atoms with E-state index < -0.39 is 0 Å². The average molecular weight is 354 g/mol. The van der Waals surface area contributed by atoms with Crippen LogP contribution in [0.15, 0.2) is 16.7 Å². The van der Waals surface area contributed by atoms with E-state index in [0.29, 0.717) is 5.92 Å². The Morgan fingerprint density at radius 2 is 2.10 bits per heavy atom. The van der Waals surface area contributed by atoms with Crippen molar-refractivity contribution < 1.29 is 0 Å². The van der Waals surface area contributed by atoms with Crippen LogP contribution < -0.4 is 10.2 Å². The van der Waals surface area contributed by atoms with E-state index in [9.17, 15) is 0 Å². The summed E-state index contributed by atoms with van der Waals surface area (Å²) in [6.07, 6.45) is 5.83. The van der Waals surface area contributed by atoms with Gasteiger partial charge in [-0.05, 0) is 53.2 Å². The maximum atomic E-state index is 4.69. The fourth-order valence-corrected chi connectivity index (χ4v) is 3.32. The molecule has 2 rings (SSSR count). The van der Waals surface area contributed by atoms with Crippen molar-refractivity contribution in [2.24, 2.45) is 11.8 Å². The van der Waals surface area contributed by atoms with Crippen LogP contribution in [0.4, 0.5) is 5.82 Å². The van der Waals surface area contributed by atoms with Gasteiger partial charge in [-0.1, -0.05) is 27.2 Å². The third-order valence-electron chi connectivity index (χ3n) is 4.27. The maximum Gasteiger partial charge on any atom is 0.133 e. The van der Waals surface area contributed by atoms with Gasteiger partial charge in [-0.3, -0.25) is 0 Å². The summed E-state index contributed by atoms with van der Waals surface area (Å²) in [4.78, 5) is 7.15. The number of rotatable bonds is 6. The van der Waals surface area contributed by atoms with E-state index in [-0.39, 0.29) is 0 Å². The summed E-state index contributed by atoms with van der Waals surface area (Å²) in [5.74, 6) is 2.75. The molecule has 0 radical (unpaired) electrons. The minimum absolute atomic E-state index is 0.675. The van der Waals surface area contributed by atoms with Crippen LogP contribution >= 0.6 is 15.9 Å². The molecule has 0 bridgehead atoms. The standard InChI is InChI=1S/C17H28BrN3/c1-4-14-5-7-21(8-6-14)17-15(9-16(18)12-20-17)11-19-10-13(2)3/h9,12-14,19H,4-8,10-11H2,1-3H3. The molecule has 4 heteroatoms. The highest BCUT2D eigenvalue weighted by Gasteiger charge is 2.20. The minimum atomic E-state index is 0.675. The predicted molar refractivity (Wildman–Crippen MR) is 93.7 cm³/mol. The quantitative estimate of drug-likeness (QED) is 0.829. The normalized spacial score (nSPS) is 16.7. The van der Waals surface area contributed by atoms with Gasteiger partial charge >= 0.3 is 0 Å². The molecule has 2 heterocycles. The highest BCUT2D eigenvalue weighted by Crippen LogP contribution is 2.27. The number of piperidine rings is 1. The highest BCUT2D eigenvalue weighted by atomic mass is 79.9. The van der Waals surface area contributed by atoms with Gasteiger partial charge < -0.3 is 10.2 Å². The molecule has 0 saturated carbocycles. The Morgan fingerprint density at radius 3 is 2.71 bits per heavy atom. The van der Waals surface area contributed by atoms with Crippen LogP contribution in [0.5, 0.6) is 0 Å². The van der Waals surface area contributed by atoms with Crippen LogP contribution in [0.3, 0.4) is 0 Å². The van der Waals surface area contributed by atoms with Crippen molar-refractivity contribution >= 4 is 21.7 Å². The maximum absolute atomic E-state index is 4.69. The van der Waals surface area contributed by atoms with Crippen molar-refractivity contribution in [2.75, 3.05) is 24.5 Å². The molecule has 0 unspecified atom stereocenters. The number of anilines is 1. The van der Waals surface area contributed by atoms with Gasteiger partial charge in [0.2, 0.25) is 0 Å². The number of hydrogen-bond donors (Lipinski definition) is 1. The summed E-state index contributed by atoms with van der Waals surface area (Å²) >= 11 is 3.55. The number of nitrogens with one attached hydrogen (secondary N) is 1. The molecule has 118 valence electrons. The summed E-state index contributed by atoms with van der Waals surface area (Å²) < 4.78 is 1.07. The van der Waals surface area contributed by atoms with E-state index in [1.165, 1.54) is 30.6 Å². The highest BCUT2D eigenvalue weighted by molar-refractivity contribution is 9.10. The van der Waals surface area contributed by atoms with Crippen molar-refractivity contribution in [3.05, 3.63) is 22.3 Å². The molecule has 1 aliphatic rings. The van der Waals surface area contributed by atoms with Gasteiger partial charge in [-0.2, -0.15) is 0 Å². The molecule has 1 aromatic heterocycles. The average Bonchev–Trinajstić information content (AvgIpc) is 2.47. The summed E-state index contributed by atoms with van der Waals surface area (Å²) in [5, 5.41) is 3.54. The van der Waals surface area contributed by atoms with E-state index in [0.717, 1.165) is 36.6 Å². The topological polar surface area (TPSA) is 28.2 Å². The minimum Gasteiger partial charge on any atom is -0.356 e. The number of aromatic nitrogens is 1. The van der Waals surface area contributed by atoms with Crippen LogP contribution in [0.1, 0.15) is 45.6 Å². The summed E-state index contributed by atoms with van der Waals surface area (Å²) in [6, 6.07) is 2.21. The predicted octanol–water partition coefficient (Wildman–Crippen LogP) is 4.22. The molecule has 0 amide bonds. The Balaban J connectivity index is 2.04. The second kappa shape index (κ2) is 8.14. The molecule has 1 N–H and O–H groups in total. The largest absolute Gasteiger partial charge is 0.356 e. The Morgan fingerprint density at radius 1 is 1.38 bits per heavy atom. The molecule has 0 aromatic carbocycles. The fourth-order valence-electron chi connectivity index (χ4n) is 2.94. The van der Waals surface area contributed by atoms with Gasteiger partial charge in [0.25, 0.3) is 0 Å². The Bertz CT molecular complexity index is 440. The summed E-state index contributed by atoms with van der Waals surface area (Å²) in [5.41, 5.74) is 1.31. The van der Waals surface area contributed by atoms with Crippen LogP contribution in [0.25, 0.3) is 0 Å². The van der Waals surface area contributed by atoms with Gasteiger partial charge in [0, 0.05) is 35.9 Å². The molecule has 0 atom stereocenters. The van der Waals surface area contributed by atoms with E-state index in [2.05, 4.69) is 58.0 Å². The molecule has 1 aliphatic heterocycles. The monoisotopic (exact) mass is 353 g/mol. The van der Waals surface area contributed by atoms with Crippen molar-refractivity contribution in [1.82, 2.24) is 10.3 Å². The fraction of sp³-hybridized carbons (Fsp3) is 0.706. The summed E-state index contributed by atoms with van der Waals surface area (Å²) in [7, 11) is 0. The smallest absolute Gasteiger partial charge is 0.133 e. The second-order valence-electron chi connectivity index (χ2n) is 6.50. The first-order valence-corrected chi connectivity index (χ1v) is 8.99. The Kier molecular flexibility index (Phi) is 6.49. The number of nitrogens with zero attached hydrogens (tertiary/aromatic N) is 2. The third kappa shape index (κ3) is 4.96. The molecule has 1 saturated heterocycles. The first-order chi connectivity index (χ1) is 10.1. The van der Waals surface area contributed by atoms with E-state index >= 15 is 0 Å². The first kappa shape index (κ1) is 16.8. The van der Waals surface area contributed by atoms with E-state index in [1.807, 2.05) is 6.20 Å². The van der Waals surface area contributed by atoms with Gasteiger partial charge in [0.15, 0.2) is 0 Å². The van der Waals surface area contributed by atoms with Crippen molar-refractivity contribution in [3.8, 4) is 0 Å². The molecular weight excluding hydrogens is 326 g/mol. The molecule has 1 fully saturated rings. The lowest BCUT2D eigenvalue weighted by molar-refractivity contribution is 0.393. The number of hydrogen-bond acceptors (Lipinski definition) is 3. The Labute approximate surface area is 137 Å². The second-order valence-corrected chi connectivity index (χ2v) is 7.42. The zero-order chi connectivity index (χ0) is 15.2.